The number of nitrogens with two attached hydrogens (primary N) is 1. The summed E-state index contributed by atoms with van der Waals surface area (Å²) in [6, 6.07) is 14.5. The number of hydrogen-bond donors (Lipinski definition) is 2. The lowest BCUT2D eigenvalue weighted by Gasteiger charge is -2.09. The molecule has 0 saturated carbocycles. The van der Waals surface area contributed by atoms with Crippen molar-refractivity contribution in [2.75, 3.05) is 11.1 Å². The quantitative estimate of drug-likeness (QED) is 0.679. The number of hydrogen-bond acceptors (Lipinski definition) is 2. The van der Waals surface area contributed by atoms with Crippen LogP contribution < -0.4 is 11.1 Å². The summed E-state index contributed by atoms with van der Waals surface area (Å²) in [4.78, 5) is 0. The summed E-state index contributed by atoms with van der Waals surface area (Å²) in [6.45, 7) is 4.00. The van der Waals surface area contributed by atoms with Gasteiger partial charge in [0.05, 0.1) is 0 Å². The molecular weight excluding hydrogens is 220 g/mol. The summed E-state index contributed by atoms with van der Waals surface area (Å²) in [5.74, 6) is 0. The van der Waals surface area contributed by atoms with E-state index in [0.29, 0.717) is 0 Å². The Hall–Kier alpha value is -1.96. The van der Waals surface area contributed by atoms with Gasteiger partial charge in [-0.3, -0.25) is 0 Å². The van der Waals surface area contributed by atoms with Crippen molar-refractivity contribution in [1.82, 2.24) is 0 Å². The summed E-state index contributed by atoms with van der Waals surface area (Å²) < 4.78 is 0. The summed E-state index contributed by atoms with van der Waals surface area (Å²) in [6.07, 6.45) is 2.15. The molecule has 2 aromatic carbocycles. The Morgan fingerprint density at radius 2 is 1.56 bits per heavy atom. The Labute approximate surface area is 109 Å². The minimum atomic E-state index is 0.811. The molecule has 0 radical (unpaired) electrons. The highest BCUT2D eigenvalue weighted by atomic mass is 14.9. The van der Waals surface area contributed by atoms with Gasteiger partial charge in [0.2, 0.25) is 0 Å². The number of anilines is 3. The minimum absolute atomic E-state index is 0.811. The van der Waals surface area contributed by atoms with Gasteiger partial charge in [-0.1, -0.05) is 38.1 Å². The van der Waals surface area contributed by atoms with Gasteiger partial charge < -0.3 is 11.1 Å². The predicted octanol–water partition coefficient (Wildman–Crippen LogP) is 4.14. The summed E-state index contributed by atoms with van der Waals surface area (Å²) in [7, 11) is 0. The summed E-state index contributed by atoms with van der Waals surface area (Å²) >= 11 is 0. The lowest BCUT2D eigenvalue weighted by Crippen LogP contribution is -1.95. The average molecular weight is 240 g/mol. The SMILES string of the molecule is CC.Nc1ccc2c(c1)Nc1ccccc1CC2. The van der Waals surface area contributed by atoms with Crippen LogP contribution in [-0.2, 0) is 12.8 Å². The molecule has 0 spiro atoms. The van der Waals surface area contributed by atoms with Crippen LogP contribution in [0.4, 0.5) is 17.1 Å². The Morgan fingerprint density at radius 3 is 2.33 bits per heavy atom. The summed E-state index contributed by atoms with van der Waals surface area (Å²) in [5, 5.41) is 3.46. The van der Waals surface area contributed by atoms with E-state index >= 15 is 0 Å². The average Bonchev–Trinajstić information content (AvgIpc) is 2.59. The number of para-hydroxylation sites is 1. The molecule has 0 bridgehead atoms. The van der Waals surface area contributed by atoms with Gasteiger partial charge in [0, 0.05) is 17.1 Å². The van der Waals surface area contributed by atoms with Crippen molar-refractivity contribution in [3.8, 4) is 0 Å². The maximum absolute atomic E-state index is 5.81. The zero-order chi connectivity index (χ0) is 13.0. The van der Waals surface area contributed by atoms with E-state index in [-0.39, 0.29) is 0 Å². The number of rotatable bonds is 0. The van der Waals surface area contributed by atoms with Crippen LogP contribution in [0.5, 0.6) is 0 Å². The second-order valence-electron chi connectivity index (χ2n) is 4.20. The van der Waals surface area contributed by atoms with Gasteiger partial charge in [-0.2, -0.15) is 0 Å². The number of nitrogen functional groups attached to an aromatic ring is 1. The highest BCUT2D eigenvalue weighted by Crippen LogP contribution is 2.30. The molecule has 1 aliphatic rings. The molecule has 2 nitrogen and oxygen atoms in total. The molecule has 1 aliphatic heterocycles. The Balaban J connectivity index is 0.000000574. The maximum Gasteiger partial charge on any atom is 0.0437 e. The Bertz CT molecular complexity index is 532. The van der Waals surface area contributed by atoms with Crippen LogP contribution in [0.25, 0.3) is 0 Å². The van der Waals surface area contributed by atoms with Crippen molar-refractivity contribution in [2.24, 2.45) is 0 Å². The van der Waals surface area contributed by atoms with Crippen LogP contribution in [0.1, 0.15) is 25.0 Å². The second kappa shape index (κ2) is 5.58. The molecule has 18 heavy (non-hydrogen) atoms. The first-order valence-corrected chi connectivity index (χ1v) is 6.56. The van der Waals surface area contributed by atoms with Crippen LogP contribution in [0.3, 0.4) is 0 Å². The first-order chi connectivity index (χ1) is 8.83. The van der Waals surface area contributed by atoms with E-state index < -0.39 is 0 Å². The third kappa shape index (κ3) is 2.48. The summed E-state index contributed by atoms with van der Waals surface area (Å²) in [5.41, 5.74) is 11.7. The van der Waals surface area contributed by atoms with Crippen molar-refractivity contribution in [3.05, 3.63) is 53.6 Å². The van der Waals surface area contributed by atoms with Crippen molar-refractivity contribution < 1.29 is 0 Å². The molecule has 0 atom stereocenters. The topological polar surface area (TPSA) is 38.0 Å². The van der Waals surface area contributed by atoms with Gasteiger partial charge in [0.15, 0.2) is 0 Å². The molecule has 0 amide bonds. The molecule has 0 aliphatic carbocycles. The Kier molecular flexibility index (Phi) is 3.88. The van der Waals surface area contributed by atoms with Crippen molar-refractivity contribution in [3.63, 3.8) is 0 Å². The van der Waals surface area contributed by atoms with Gasteiger partial charge in [-0.25, -0.2) is 0 Å². The molecular formula is C16H20N2. The zero-order valence-electron chi connectivity index (χ0n) is 11.0. The maximum atomic E-state index is 5.81. The van der Waals surface area contributed by atoms with E-state index in [2.05, 4.69) is 35.6 Å². The van der Waals surface area contributed by atoms with Gasteiger partial charge in [-0.05, 0) is 42.2 Å². The molecule has 2 heteroatoms. The fourth-order valence-electron chi connectivity index (χ4n) is 2.20. The molecule has 94 valence electrons. The standard InChI is InChI=1S/C14H14N2.C2H6/c15-12-8-7-11-6-5-10-3-1-2-4-13(10)16-14(11)9-12;1-2/h1-4,7-9,16H,5-6,15H2;1-2H3. The lowest BCUT2D eigenvalue weighted by atomic mass is 10.0. The molecule has 3 rings (SSSR count). The molecule has 0 saturated heterocycles. The first-order valence-electron chi connectivity index (χ1n) is 6.56. The number of nitrogens with one attached hydrogen (secondary N) is 1. The monoisotopic (exact) mass is 240 g/mol. The molecule has 2 aromatic rings. The normalized spacial score (nSPS) is 12.1. The molecule has 0 fully saturated rings. The fraction of sp³-hybridized carbons (Fsp3) is 0.250. The number of benzene rings is 2. The third-order valence-electron chi connectivity index (χ3n) is 3.08. The van der Waals surface area contributed by atoms with Gasteiger partial charge in [0.25, 0.3) is 0 Å². The number of fused-ring (bicyclic) bond motifs is 2. The zero-order valence-corrected chi connectivity index (χ0v) is 11.0. The van der Waals surface area contributed by atoms with E-state index in [1.54, 1.807) is 0 Å². The van der Waals surface area contributed by atoms with Gasteiger partial charge >= 0.3 is 0 Å². The highest BCUT2D eigenvalue weighted by Gasteiger charge is 2.11. The minimum Gasteiger partial charge on any atom is -0.399 e. The van der Waals surface area contributed by atoms with Crippen LogP contribution in [0, 0.1) is 0 Å². The van der Waals surface area contributed by atoms with E-state index in [1.807, 2.05) is 26.0 Å². The third-order valence-corrected chi connectivity index (χ3v) is 3.08. The molecule has 0 unspecified atom stereocenters. The molecule has 1 heterocycles. The first kappa shape index (κ1) is 12.5. The molecule has 0 aromatic heterocycles. The van der Waals surface area contributed by atoms with E-state index in [4.69, 9.17) is 5.73 Å². The van der Waals surface area contributed by atoms with Gasteiger partial charge in [0.1, 0.15) is 0 Å². The van der Waals surface area contributed by atoms with Crippen LogP contribution in [-0.4, -0.2) is 0 Å². The van der Waals surface area contributed by atoms with Crippen LogP contribution in [0.2, 0.25) is 0 Å². The van der Waals surface area contributed by atoms with Crippen LogP contribution in [0.15, 0.2) is 42.5 Å². The van der Waals surface area contributed by atoms with Crippen LogP contribution >= 0.6 is 0 Å². The van der Waals surface area contributed by atoms with E-state index in [9.17, 15) is 0 Å². The Morgan fingerprint density at radius 1 is 0.889 bits per heavy atom. The number of aryl methyl sites for hydroxylation is 2. The lowest BCUT2D eigenvalue weighted by molar-refractivity contribution is 0.978. The smallest absolute Gasteiger partial charge is 0.0437 e. The second-order valence-corrected chi connectivity index (χ2v) is 4.20. The molecule has 3 N–H and O–H groups in total. The van der Waals surface area contributed by atoms with Gasteiger partial charge in [-0.15, -0.1) is 0 Å². The van der Waals surface area contributed by atoms with Crippen molar-refractivity contribution >= 4 is 17.1 Å². The van der Waals surface area contributed by atoms with E-state index in [1.165, 1.54) is 16.8 Å². The predicted molar refractivity (Wildman–Crippen MR) is 79.3 cm³/mol. The van der Waals surface area contributed by atoms with Crippen molar-refractivity contribution in [2.45, 2.75) is 26.7 Å². The van der Waals surface area contributed by atoms with Crippen molar-refractivity contribution in [1.29, 1.82) is 0 Å². The highest BCUT2D eigenvalue weighted by molar-refractivity contribution is 5.71. The largest absolute Gasteiger partial charge is 0.399 e. The fourth-order valence-corrected chi connectivity index (χ4v) is 2.20. The van der Waals surface area contributed by atoms with E-state index in [0.717, 1.165) is 24.2 Å².